The predicted molar refractivity (Wildman–Crippen MR) is 94.0 cm³/mol. The molecule has 0 aliphatic rings. The lowest BCUT2D eigenvalue weighted by atomic mass is 10.1. The van der Waals surface area contributed by atoms with Crippen LogP contribution in [0, 0.1) is 0 Å². The molecule has 0 radical (unpaired) electrons. The van der Waals surface area contributed by atoms with E-state index in [1.807, 2.05) is 42.5 Å². The second-order valence-corrected chi connectivity index (χ2v) is 5.20. The number of carbonyl (C=O) groups excluding carboxylic acids is 1. The Morgan fingerprint density at radius 2 is 1.67 bits per heavy atom. The molecule has 0 heterocycles. The van der Waals surface area contributed by atoms with Crippen LogP contribution in [0.15, 0.2) is 48.5 Å². The van der Waals surface area contributed by atoms with Crippen LogP contribution in [0.25, 0.3) is 0 Å². The highest BCUT2D eigenvalue weighted by molar-refractivity contribution is 5.95. The number of para-hydroxylation sites is 1. The number of rotatable bonds is 9. The number of methoxy groups -OCH3 is 2. The van der Waals surface area contributed by atoms with Gasteiger partial charge in [0.1, 0.15) is 11.5 Å². The maximum absolute atomic E-state index is 11.7. The van der Waals surface area contributed by atoms with Gasteiger partial charge < -0.3 is 19.5 Å². The molecular weight excluding hydrogens is 306 g/mol. The Labute approximate surface area is 142 Å². The lowest BCUT2D eigenvalue weighted by Crippen LogP contribution is -2.10. The highest BCUT2D eigenvalue weighted by Gasteiger charge is 2.09. The standard InChI is InChI=1S/C19H23NO4/c1-22-15-9-11-16(12-10-15)24-14-6-5-13-20-18-8-4-3-7-17(18)19(21)23-2/h3-4,7-12,20H,5-6,13-14H2,1-2H3. The molecule has 0 fully saturated rings. The first-order valence-corrected chi connectivity index (χ1v) is 7.92. The van der Waals surface area contributed by atoms with Crippen LogP contribution < -0.4 is 14.8 Å². The average Bonchev–Trinajstić information content (AvgIpc) is 2.64. The molecule has 128 valence electrons. The Morgan fingerprint density at radius 1 is 0.958 bits per heavy atom. The van der Waals surface area contributed by atoms with E-state index in [2.05, 4.69) is 5.32 Å². The lowest BCUT2D eigenvalue weighted by molar-refractivity contribution is 0.0602. The molecule has 5 heteroatoms. The maximum atomic E-state index is 11.7. The van der Waals surface area contributed by atoms with Crippen LogP contribution in [0.2, 0.25) is 0 Å². The molecule has 0 aromatic heterocycles. The summed E-state index contributed by atoms with van der Waals surface area (Å²) in [6, 6.07) is 14.9. The van der Waals surface area contributed by atoms with Crippen molar-refractivity contribution in [2.45, 2.75) is 12.8 Å². The highest BCUT2D eigenvalue weighted by Crippen LogP contribution is 2.18. The van der Waals surface area contributed by atoms with Gasteiger partial charge >= 0.3 is 5.97 Å². The van der Waals surface area contributed by atoms with Crippen LogP contribution in [0.3, 0.4) is 0 Å². The van der Waals surface area contributed by atoms with Gasteiger partial charge in [0.25, 0.3) is 0 Å². The summed E-state index contributed by atoms with van der Waals surface area (Å²) in [5.41, 5.74) is 1.34. The zero-order valence-electron chi connectivity index (χ0n) is 14.1. The summed E-state index contributed by atoms with van der Waals surface area (Å²) in [5.74, 6) is 1.32. The van der Waals surface area contributed by atoms with E-state index in [1.54, 1.807) is 13.2 Å². The van der Waals surface area contributed by atoms with E-state index in [-0.39, 0.29) is 5.97 Å². The van der Waals surface area contributed by atoms with Crippen molar-refractivity contribution in [3.63, 3.8) is 0 Å². The Hall–Kier alpha value is -2.69. The summed E-state index contributed by atoms with van der Waals surface area (Å²) in [6.07, 6.45) is 1.85. The van der Waals surface area contributed by atoms with Crippen molar-refractivity contribution in [3.8, 4) is 11.5 Å². The van der Waals surface area contributed by atoms with Crippen molar-refractivity contribution in [2.24, 2.45) is 0 Å². The number of esters is 1. The van der Waals surface area contributed by atoms with Gasteiger partial charge in [0.05, 0.1) is 26.4 Å². The maximum Gasteiger partial charge on any atom is 0.339 e. The Kier molecular flexibility index (Phi) is 6.95. The summed E-state index contributed by atoms with van der Waals surface area (Å²) < 4.78 is 15.6. The van der Waals surface area contributed by atoms with Gasteiger partial charge in [-0.25, -0.2) is 4.79 Å². The van der Waals surface area contributed by atoms with E-state index in [4.69, 9.17) is 14.2 Å². The quantitative estimate of drug-likeness (QED) is 0.561. The Bertz CT molecular complexity index is 640. The van der Waals surface area contributed by atoms with E-state index in [0.29, 0.717) is 12.2 Å². The SMILES string of the molecule is COC(=O)c1ccccc1NCCCCOc1ccc(OC)cc1. The van der Waals surface area contributed by atoms with Crippen molar-refractivity contribution >= 4 is 11.7 Å². The van der Waals surface area contributed by atoms with Crippen molar-refractivity contribution in [2.75, 3.05) is 32.7 Å². The van der Waals surface area contributed by atoms with Crippen molar-refractivity contribution in [1.82, 2.24) is 0 Å². The summed E-state index contributed by atoms with van der Waals surface area (Å²) in [4.78, 5) is 11.7. The average molecular weight is 329 g/mol. The minimum atomic E-state index is -0.332. The van der Waals surface area contributed by atoms with E-state index < -0.39 is 0 Å². The van der Waals surface area contributed by atoms with E-state index >= 15 is 0 Å². The fourth-order valence-electron chi connectivity index (χ4n) is 2.24. The molecule has 0 saturated heterocycles. The predicted octanol–water partition coefficient (Wildman–Crippen LogP) is 3.75. The molecule has 2 aromatic rings. The van der Waals surface area contributed by atoms with Crippen molar-refractivity contribution in [1.29, 1.82) is 0 Å². The van der Waals surface area contributed by atoms with Gasteiger partial charge in [0.15, 0.2) is 0 Å². The topological polar surface area (TPSA) is 56.8 Å². The Morgan fingerprint density at radius 3 is 2.38 bits per heavy atom. The summed E-state index contributed by atoms with van der Waals surface area (Å²) in [5, 5.41) is 3.27. The highest BCUT2D eigenvalue weighted by atomic mass is 16.5. The first-order chi connectivity index (χ1) is 11.7. The molecule has 0 unspecified atom stereocenters. The largest absolute Gasteiger partial charge is 0.497 e. The van der Waals surface area contributed by atoms with E-state index in [0.717, 1.165) is 36.6 Å². The molecule has 0 amide bonds. The van der Waals surface area contributed by atoms with Crippen molar-refractivity contribution < 1.29 is 19.0 Å². The first kappa shape index (κ1) is 17.7. The zero-order valence-corrected chi connectivity index (χ0v) is 14.1. The third-order valence-electron chi connectivity index (χ3n) is 3.55. The monoisotopic (exact) mass is 329 g/mol. The fraction of sp³-hybridized carbons (Fsp3) is 0.316. The van der Waals surface area contributed by atoms with Gasteiger partial charge in [0, 0.05) is 12.2 Å². The molecule has 0 spiro atoms. The lowest BCUT2D eigenvalue weighted by Gasteiger charge is -2.11. The second kappa shape index (κ2) is 9.45. The second-order valence-electron chi connectivity index (χ2n) is 5.20. The number of ether oxygens (including phenoxy) is 3. The molecule has 0 aliphatic carbocycles. The van der Waals surface area contributed by atoms with Crippen LogP contribution in [-0.2, 0) is 4.74 Å². The summed E-state index contributed by atoms with van der Waals surface area (Å²) in [7, 11) is 3.02. The van der Waals surface area contributed by atoms with Gasteiger partial charge in [-0.2, -0.15) is 0 Å². The van der Waals surface area contributed by atoms with Crippen LogP contribution in [0.4, 0.5) is 5.69 Å². The van der Waals surface area contributed by atoms with Gasteiger partial charge in [-0.3, -0.25) is 0 Å². The third-order valence-corrected chi connectivity index (χ3v) is 3.55. The number of hydrogen-bond acceptors (Lipinski definition) is 5. The van der Waals surface area contributed by atoms with Crippen LogP contribution >= 0.6 is 0 Å². The number of anilines is 1. The van der Waals surface area contributed by atoms with Crippen LogP contribution in [0.1, 0.15) is 23.2 Å². The fourth-order valence-corrected chi connectivity index (χ4v) is 2.24. The minimum Gasteiger partial charge on any atom is -0.497 e. The summed E-state index contributed by atoms with van der Waals surface area (Å²) >= 11 is 0. The number of unbranched alkanes of at least 4 members (excludes halogenated alkanes) is 1. The molecule has 0 aliphatic heterocycles. The molecule has 0 atom stereocenters. The first-order valence-electron chi connectivity index (χ1n) is 7.92. The smallest absolute Gasteiger partial charge is 0.339 e. The number of benzene rings is 2. The molecule has 2 aromatic carbocycles. The van der Waals surface area contributed by atoms with Crippen LogP contribution in [0.5, 0.6) is 11.5 Å². The normalized spacial score (nSPS) is 10.1. The van der Waals surface area contributed by atoms with Gasteiger partial charge in [-0.1, -0.05) is 12.1 Å². The molecule has 24 heavy (non-hydrogen) atoms. The molecule has 0 bridgehead atoms. The molecule has 1 N–H and O–H groups in total. The molecule has 2 rings (SSSR count). The van der Waals surface area contributed by atoms with Gasteiger partial charge in [-0.05, 0) is 49.2 Å². The Balaban J connectivity index is 1.69. The minimum absolute atomic E-state index is 0.332. The molecule has 0 saturated carbocycles. The number of hydrogen-bond donors (Lipinski definition) is 1. The van der Waals surface area contributed by atoms with Gasteiger partial charge in [-0.15, -0.1) is 0 Å². The third kappa shape index (κ3) is 5.19. The van der Waals surface area contributed by atoms with Gasteiger partial charge in [0.2, 0.25) is 0 Å². The number of carbonyl (C=O) groups is 1. The van der Waals surface area contributed by atoms with Crippen molar-refractivity contribution in [3.05, 3.63) is 54.1 Å². The number of nitrogens with one attached hydrogen (secondary N) is 1. The molecular formula is C19H23NO4. The zero-order chi connectivity index (χ0) is 17.2. The molecule has 5 nitrogen and oxygen atoms in total. The summed E-state index contributed by atoms with van der Waals surface area (Å²) in [6.45, 7) is 1.41. The van der Waals surface area contributed by atoms with Crippen LogP contribution in [-0.4, -0.2) is 33.3 Å². The van der Waals surface area contributed by atoms with E-state index in [1.165, 1.54) is 7.11 Å². The van der Waals surface area contributed by atoms with E-state index in [9.17, 15) is 4.79 Å².